The molecule has 1 N–H and O–H groups in total. The van der Waals surface area contributed by atoms with Crippen molar-refractivity contribution in [2.75, 3.05) is 17.3 Å². The van der Waals surface area contributed by atoms with Gasteiger partial charge in [-0.05, 0) is 32.8 Å². The highest BCUT2D eigenvalue weighted by atomic mass is 35.5. The number of nitrogens with zero attached hydrogens (tertiary/aromatic N) is 2. The average molecular weight is 268 g/mol. The summed E-state index contributed by atoms with van der Waals surface area (Å²) in [6.45, 7) is 4.14. The van der Waals surface area contributed by atoms with E-state index >= 15 is 0 Å². The fourth-order valence-electron chi connectivity index (χ4n) is 1.59. The monoisotopic (exact) mass is 267 g/mol. The molecule has 1 aromatic heterocycles. The lowest BCUT2D eigenvalue weighted by Crippen LogP contribution is -2.27. The Hall–Kier alpha value is -1.29. The van der Waals surface area contributed by atoms with E-state index in [2.05, 4.69) is 24.1 Å². The van der Waals surface area contributed by atoms with Crippen LogP contribution < -0.4 is 10.2 Å². The van der Waals surface area contributed by atoms with Gasteiger partial charge in [-0.3, -0.25) is 4.79 Å². The second kappa shape index (κ2) is 5.14. The number of hydrogen-bond acceptors (Lipinski definition) is 3. The molecule has 1 aliphatic rings. The van der Waals surface area contributed by atoms with Gasteiger partial charge in [-0.15, -0.1) is 0 Å². The molecule has 98 valence electrons. The molecule has 0 saturated heterocycles. The van der Waals surface area contributed by atoms with Crippen molar-refractivity contribution in [3.05, 3.63) is 17.3 Å². The molecule has 1 amide bonds. The first-order chi connectivity index (χ1) is 8.49. The molecular formula is C13H18ClN3O. The quantitative estimate of drug-likeness (QED) is 0.912. The smallest absolute Gasteiger partial charge is 0.227 e. The summed E-state index contributed by atoms with van der Waals surface area (Å²) in [5, 5.41) is 3.39. The fraction of sp³-hybridized carbons (Fsp3) is 0.538. The van der Waals surface area contributed by atoms with E-state index in [1.54, 1.807) is 12.3 Å². The van der Waals surface area contributed by atoms with Crippen molar-refractivity contribution in [3.63, 3.8) is 0 Å². The number of nitrogens with one attached hydrogen (secondary N) is 1. The van der Waals surface area contributed by atoms with Gasteiger partial charge in [-0.25, -0.2) is 4.98 Å². The molecule has 1 heterocycles. The van der Waals surface area contributed by atoms with Crippen LogP contribution in [0.25, 0.3) is 0 Å². The van der Waals surface area contributed by atoms with E-state index in [9.17, 15) is 4.79 Å². The molecule has 0 aliphatic heterocycles. The van der Waals surface area contributed by atoms with E-state index in [4.69, 9.17) is 11.6 Å². The highest BCUT2D eigenvalue weighted by Gasteiger charge is 2.29. The van der Waals surface area contributed by atoms with Crippen molar-refractivity contribution in [1.29, 1.82) is 0 Å². The summed E-state index contributed by atoms with van der Waals surface area (Å²) >= 11 is 6.19. The van der Waals surface area contributed by atoms with Crippen LogP contribution in [-0.2, 0) is 4.79 Å². The van der Waals surface area contributed by atoms with Crippen LogP contribution in [0.2, 0.25) is 5.02 Å². The van der Waals surface area contributed by atoms with E-state index in [-0.39, 0.29) is 11.8 Å². The first-order valence-electron chi connectivity index (χ1n) is 6.18. The molecule has 0 radical (unpaired) electrons. The van der Waals surface area contributed by atoms with Crippen LogP contribution in [-0.4, -0.2) is 24.0 Å². The molecule has 2 rings (SSSR count). The van der Waals surface area contributed by atoms with E-state index in [1.807, 2.05) is 11.9 Å². The Morgan fingerprint density at radius 2 is 2.22 bits per heavy atom. The summed E-state index contributed by atoms with van der Waals surface area (Å²) in [7, 11) is 1.95. The Bertz CT molecular complexity index is 458. The predicted octanol–water partition coefficient (Wildman–Crippen LogP) is 2.93. The van der Waals surface area contributed by atoms with Crippen molar-refractivity contribution in [3.8, 4) is 0 Å². The van der Waals surface area contributed by atoms with Crippen molar-refractivity contribution in [2.45, 2.75) is 32.7 Å². The van der Waals surface area contributed by atoms with Crippen LogP contribution in [0.15, 0.2) is 12.3 Å². The van der Waals surface area contributed by atoms with E-state index in [1.165, 1.54) is 0 Å². The molecule has 4 nitrogen and oxygen atoms in total. The van der Waals surface area contributed by atoms with Gasteiger partial charge in [-0.1, -0.05) is 11.6 Å². The molecule has 18 heavy (non-hydrogen) atoms. The number of pyridine rings is 1. The number of carbonyl (C=O) groups is 1. The molecule has 0 unspecified atom stereocenters. The van der Waals surface area contributed by atoms with Gasteiger partial charge in [0.25, 0.3) is 0 Å². The number of halogens is 1. The third kappa shape index (κ3) is 2.93. The topological polar surface area (TPSA) is 45.2 Å². The average Bonchev–Trinajstić information content (AvgIpc) is 3.12. The summed E-state index contributed by atoms with van der Waals surface area (Å²) < 4.78 is 0. The van der Waals surface area contributed by atoms with Gasteiger partial charge in [0.05, 0.1) is 16.9 Å². The normalized spacial score (nSPS) is 14.7. The number of amides is 1. The Morgan fingerprint density at radius 3 is 2.72 bits per heavy atom. The third-order valence-electron chi connectivity index (χ3n) is 3.15. The first kappa shape index (κ1) is 13.1. The van der Waals surface area contributed by atoms with Gasteiger partial charge in [0.2, 0.25) is 5.91 Å². The summed E-state index contributed by atoms with van der Waals surface area (Å²) in [5.41, 5.74) is 0.665. The largest absolute Gasteiger partial charge is 0.356 e. The molecule has 0 atom stereocenters. The van der Waals surface area contributed by atoms with E-state index in [0.29, 0.717) is 16.8 Å². The minimum Gasteiger partial charge on any atom is -0.356 e. The van der Waals surface area contributed by atoms with Crippen LogP contribution in [0.3, 0.4) is 0 Å². The van der Waals surface area contributed by atoms with E-state index in [0.717, 1.165) is 18.7 Å². The number of hydrogen-bond donors (Lipinski definition) is 1. The standard InChI is InChI=1S/C13H18ClN3O/c1-8(2)17(3)12-11(14)6-10(7-15-12)16-13(18)9-4-5-9/h6-9H,4-5H2,1-3H3,(H,16,18). The molecule has 5 heteroatoms. The summed E-state index contributed by atoms with van der Waals surface area (Å²) in [5.74, 6) is 0.982. The lowest BCUT2D eigenvalue weighted by atomic mass is 10.3. The summed E-state index contributed by atoms with van der Waals surface area (Å²) in [4.78, 5) is 17.9. The SMILES string of the molecule is CC(C)N(C)c1ncc(NC(=O)C2CC2)cc1Cl. The first-order valence-corrected chi connectivity index (χ1v) is 6.56. The highest BCUT2D eigenvalue weighted by molar-refractivity contribution is 6.33. The minimum absolute atomic E-state index is 0.0674. The minimum atomic E-state index is 0.0674. The van der Waals surface area contributed by atoms with Crippen molar-refractivity contribution >= 4 is 29.0 Å². The number of aromatic nitrogens is 1. The van der Waals surface area contributed by atoms with Gasteiger partial charge in [0, 0.05) is 19.0 Å². The second-order valence-corrected chi connectivity index (χ2v) is 5.40. The van der Waals surface area contributed by atoms with Gasteiger partial charge >= 0.3 is 0 Å². The van der Waals surface area contributed by atoms with Gasteiger partial charge in [-0.2, -0.15) is 0 Å². The second-order valence-electron chi connectivity index (χ2n) is 5.00. The lowest BCUT2D eigenvalue weighted by molar-refractivity contribution is -0.117. The Labute approximate surface area is 112 Å². The maximum Gasteiger partial charge on any atom is 0.227 e. The van der Waals surface area contributed by atoms with Crippen molar-refractivity contribution in [1.82, 2.24) is 4.98 Å². The Balaban J connectivity index is 2.11. The molecule has 1 aromatic rings. The van der Waals surface area contributed by atoms with Crippen LogP contribution in [0, 0.1) is 5.92 Å². The van der Waals surface area contributed by atoms with Crippen LogP contribution >= 0.6 is 11.6 Å². The molecule has 0 spiro atoms. The van der Waals surface area contributed by atoms with Crippen molar-refractivity contribution in [2.24, 2.45) is 5.92 Å². The number of anilines is 2. The van der Waals surface area contributed by atoms with Crippen LogP contribution in [0.1, 0.15) is 26.7 Å². The highest BCUT2D eigenvalue weighted by Crippen LogP contribution is 2.31. The third-order valence-corrected chi connectivity index (χ3v) is 3.42. The zero-order chi connectivity index (χ0) is 13.3. The Kier molecular flexibility index (Phi) is 3.76. The van der Waals surface area contributed by atoms with Gasteiger partial charge in [0.1, 0.15) is 5.82 Å². The van der Waals surface area contributed by atoms with Crippen LogP contribution in [0.4, 0.5) is 11.5 Å². The zero-order valence-electron chi connectivity index (χ0n) is 10.9. The molecular weight excluding hydrogens is 250 g/mol. The maximum atomic E-state index is 11.6. The summed E-state index contributed by atoms with van der Waals surface area (Å²) in [6.07, 6.45) is 3.63. The molecule has 0 bridgehead atoms. The number of carbonyl (C=O) groups excluding carboxylic acids is 1. The fourth-order valence-corrected chi connectivity index (χ4v) is 1.89. The maximum absolute atomic E-state index is 11.6. The molecule has 0 aromatic carbocycles. The van der Waals surface area contributed by atoms with Crippen LogP contribution in [0.5, 0.6) is 0 Å². The lowest BCUT2D eigenvalue weighted by Gasteiger charge is -2.23. The van der Waals surface area contributed by atoms with Gasteiger partial charge in [0.15, 0.2) is 0 Å². The molecule has 1 aliphatic carbocycles. The molecule has 1 fully saturated rings. The Morgan fingerprint density at radius 1 is 1.56 bits per heavy atom. The molecule has 1 saturated carbocycles. The van der Waals surface area contributed by atoms with Gasteiger partial charge < -0.3 is 10.2 Å². The van der Waals surface area contributed by atoms with E-state index < -0.39 is 0 Å². The summed E-state index contributed by atoms with van der Waals surface area (Å²) in [6, 6.07) is 2.07. The number of rotatable bonds is 4. The zero-order valence-corrected chi connectivity index (χ0v) is 11.7. The van der Waals surface area contributed by atoms with Crippen molar-refractivity contribution < 1.29 is 4.79 Å². The predicted molar refractivity (Wildman–Crippen MR) is 74.1 cm³/mol.